The Morgan fingerprint density at radius 1 is 1.10 bits per heavy atom. The molecule has 0 saturated carbocycles. The molecule has 1 unspecified atom stereocenters. The Hall–Kier alpha value is -3.15. The van der Waals surface area contributed by atoms with Crippen LogP contribution in [0.25, 0.3) is 10.9 Å². The monoisotopic (exact) mass is 406 g/mol. The molecule has 3 rings (SSSR count). The molecule has 158 valence electrons. The van der Waals surface area contributed by atoms with Gasteiger partial charge in [0.15, 0.2) is 0 Å². The fourth-order valence-electron chi connectivity index (χ4n) is 3.51. The van der Waals surface area contributed by atoms with Gasteiger partial charge < -0.3 is 10.2 Å². The normalized spacial score (nSPS) is 12.6. The average molecular weight is 407 g/mol. The van der Waals surface area contributed by atoms with Crippen LogP contribution in [0.2, 0.25) is 0 Å². The second kappa shape index (κ2) is 8.69. The number of carbonyl (C=O) groups excluding carboxylic acids is 1. The van der Waals surface area contributed by atoms with Crippen LogP contribution >= 0.6 is 0 Å². The summed E-state index contributed by atoms with van der Waals surface area (Å²) in [5.74, 6) is 0.566. The third kappa shape index (κ3) is 4.87. The highest BCUT2D eigenvalue weighted by atomic mass is 16.2. The molecule has 0 spiro atoms. The summed E-state index contributed by atoms with van der Waals surface area (Å²) in [4.78, 5) is 32.5. The molecule has 1 atom stereocenters. The first-order valence-electron chi connectivity index (χ1n) is 10.3. The van der Waals surface area contributed by atoms with Gasteiger partial charge in [0.05, 0.1) is 16.9 Å². The van der Waals surface area contributed by atoms with Gasteiger partial charge in [-0.15, -0.1) is 0 Å². The minimum atomic E-state index is -0.377. The average Bonchev–Trinajstić information content (AvgIpc) is 2.70. The van der Waals surface area contributed by atoms with Crippen LogP contribution in [-0.2, 0) is 13.5 Å². The zero-order chi connectivity index (χ0) is 21.9. The molecule has 1 aromatic heterocycles. The first-order chi connectivity index (χ1) is 14.2. The van der Waals surface area contributed by atoms with Crippen LogP contribution in [0.1, 0.15) is 45.1 Å². The lowest BCUT2D eigenvalue weighted by Gasteiger charge is -2.33. The molecular weight excluding hydrogens is 376 g/mol. The molecule has 2 amide bonds. The smallest absolute Gasteiger partial charge is 0.318 e. The molecule has 0 radical (unpaired) electrons. The molecule has 0 fully saturated rings. The minimum absolute atomic E-state index is 0.110. The number of rotatable bonds is 5. The molecule has 30 heavy (non-hydrogen) atoms. The van der Waals surface area contributed by atoms with E-state index in [0.29, 0.717) is 29.7 Å². The summed E-state index contributed by atoms with van der Waals surface area (Å²) in [6.07, 6.45) is 0.713. The van der Waals surface area contributed by atoms with Gasteiger partial charge in [-0.2, -0.15) is 0 Å². The van der Waals surface area contributed by atoms with E-state index in [-0.39, 0.29) is 23.2 Å². The summed E-state index contributed by atoms with van der Waals surface area (Å²) in [5.41, 5.74) is 1.31. The molecule has 0 aliphatic heterocycles. The van der Waals surface area contributed by atoms with Gasteiger partial charge in [-0.25, -0.2) is 9.78 Å². The fourth-order valence-corrected chi connectivity index (χ4v) is 3.51. The summed E-state index contributed by atoms with van der Waals surface area (Å²) in [5, 5.41) is 3.62. The highest BCUT2D eigenvalue weighted by Crippen LogP contribution is 2.21. The third-order valence-electron chi connectivity index (χ3n) is 5.09. The first kappa shape index (κ1) is 21.6. The zero-order valence-electron chi connectivity index (χ0n) is 18.3. The van der Waals surface area contributed by atoms with Crippen LogP contribution in [0.5, 0.6) is 0 Å². The molecule has 3 aromatic rings. The van der Waals surface area contributed by atoms with Crippen molar-refractivity contribution in [3.05, 3.63) is 76.3 Å². The number of nitrogens with one attached hydrogen (secondary N) is 1. The number of fused-ring (bicyclic) bond motifs is 1. The Kier molecular flexibility index (Phi) is 6.25. The maximum absolute atomic E-state index is 13.2. The minimum Gasteiger partial charge on any atom is -0.333 e. The van der Waals surface area contributed by atoms with E-state index in [9.17, 15) is 9.59 Å². The van der Waals surface area contributed by atoms with Crippen LogP contribution in [0.4, 0.5) is 4.79 Å². The van der Waals surface area contributed by atoms with Crippen molar-refractivity contribution in [2.75, 3.05) is 6.54 Å². The Balaban J connectivity index is 1.97. The molecule has 0 bridgehead atoms. The lowest BCUT2D eigenvalue weighted by atomic mass is 10.1. The summed E-state index contributed by atoms with van der Waals surface area (Å²) < 4.78 is 1.55. The van der Waals surface area contributed by atoms with Crippen molar-refractivity contribution in [3.63, 3.8) is 0 Å². The van der Waals surface area contributed by atoms with Gasteiger partial charge in [-0.3, -0.25) is 9.36 Å². The van der Waals surface area contributed by atoms with Crippen LogP contribution in [0.3, 0.4) is 0 Å². The van der Waals surface area contributed by atoms with Gasteiger partial charge >= 0.3 is 6.03 Å². The number of hydrogen-bond donors (Lipinski definition) is 1. The standard InChI is InChI=1S/C24H30N4O2/c1-17(21-25-20-14-10-9-13-19(20)22(29)27(21)5)28(23(30)26-24(2,3)4)16-15-18-11-7-6-8-12-18/h6-14,17H,15-16H2,1-5H3,(H,26,30). The predicted octanol–water partition coefficient (Wildman–Crippen LogP) is 4.05. The molecule has 1 N–H and O–H groups in total. The van der Waals surface area contributed by atoms with Crippen molar-refractivity contribution in [1.29, 1.82) is 0 Å². The summed E-state index contributed by atoms with van der Waals surface area (Å²) >= 11 is 0. The fraction of sp³-hybridized carbons (Fsp3) is 0.375. The number of hydrogen-bond acceptors (Lipinski definition) is 3. The Bertz CT molecular complexity index is 1080. The second-order valence-electron chi connectivity index (χ2n) is 8.64. The lowest BCUT2D eigenvalue weighted by molar-refractivity contribution is 0.167. The Morgan fingerprint density at radius 3 is 2.40 bits per heavy atom. The molecule has 0 saturated heterocycles. The van der Waals surface area contributed by atoms with Crippen LogP contribution in [0.15, 0.2) is 59.4 Å². The number of benzene rings is 2. The van der Waals surface area contributed by atoms with E-state index in [1.165, 1.54) is 0 Å². The number of urea groups is 1. The number of amides is 2. The van der Waals surface area contributed by atoms with Gasteiger partial charge in [-0.1, -0.05) is 42.5 Å². The highest BCUT2D eigenvalue weighted by molar-refractivity contribution is 5.78. The van der Waals surface area contributed by atoms with Crippen molar-refractivity contribution >= 4 is 16.9 Å². The third-order valence-corrected chi connectivity index (χ3v) is 5.09. The highest BCUT2D eigenvalue weighted by Gasteiger charge is 2.27. The van der Waals surface area contributed by atoms with E-state index >= 15 is 0 Å². The van der Waals surface area contributed by atoms with Gasteiger partial charge in [0.1, 0.15) is 5.82 Å². The van der Waals surface area contributed by atoms with E-state index in [1.807, 2.05) is 64.1 Å². The van der Waals surface area contributed by atoms with Gasteiger partial charge in [0.2, 0.25) is 0 Å². The molecule has 0 aliphatic carbocycles. The summed E-state index contributed by atoms with van der Waals surface area (Å²) in [6, 6.07) is 16.8. The topological polar surface area (TPSA) is 67.2 Å². The molecule has 1 heterocycles. The predicted molar refractivity (Wildman–Crippen MR) is 121 cm³/mol. The van der Waals surface area contributed by atoms with Crippen molar-refractivity contribution in [2.24, 2.45) is 7.05 Å². The van der Waals surface area contributed by atoms with Crippen molar-refractivity contribution in [1.82, 2.24) is 19.8 Å². The van der Waals surface area contributed by atoms with E-state index in [1.54, 1.807) is 22.6 Å². The first-order valence-corrected chi connectivity index (χ1v) is 10.3. The zero-order valence-corrected chi connectivity index (χ0v) is 18.3. The number of nitrogens with zero attached hydrogens (tertiary/aromatic N) is 3. The number of para-hydroxylation sites is 1. The van der Waals surface area contributed by atoms with Crippen molar-refractivity contribution < 1.29 is 4.79 Å². The molecule has 2 aromatic carbocycles. The van der Waals surface area contributed by atoms with Gasteiger partial charge in [0, 0.05) is 19.1 Å². The van der Waals surface area contributed by atoms with E-state index in [2.05, 4.69) is 17.4 Å². The summed E-state index contributed by atoms with van der Waals surface area (Å²) in [7, 11) is 1.71. The van der Waals surface area contributed by atoms with Crippen LogP contribution in [0, 0.1) is 0 Å². The second-order valence-corrected chi connectivity index (χ2v) is 8.64. The van der Waals surface area contributed by atoms with E-state index in [4.69, 9.17) is 4.98 Å². The lowest BCUT2D eigenvalue weighted by Crippen LogP contribution is -2.50. The van der Waals surface area contributed by atoms with Crippen molar-refractivity contribution in [3.8, 4) is 0 Å². The van der Waals surface area contributed by atoms with Crippen molar-refractivity contribution in [2.45, 2.75) is 45.7 Å². The largest absolute Gasteiger partial charge is 0.333 e. The maximum Gasteiger partial charge on any atom is 0.318 e. The number of carbonyl (C=O) groups is 1. The Labute approximate surface area is 177 Å². The van der Waals surface area contributed by atoms with Crippen LogP contribution < -0.4 is 10.9 Å². The molecule has 6 heteroatoms. The van der Waals surface area contributed by atoms with E-state index < -0.39 is 0 Å². The van der Waals surface area contributed by atoms with E-state index in [0.717, 1.165) is 5.56 Å². The molecular formula is C24H30N4O2. The quantitative estimate of drug-likeness (QED) is 0.695. The van der Waals surface area contributed by atoms with Crippen LogP contribution in [-0.4, -0.2) is 32.6 Å². The summed E-state index contributed by atoms with van der Waals surface area (Å²) in [6.45, 7) is 8.29. The molecule has 0 aliphatic rings. The number of aromatic nitrogens is 2. The SMILES string of the molecule is CC(c1nc2ccccc2c(=O)n1C)N(CCc1ccccc1)C(=O)NC(C)(C)C. The van der Waals surface area contributed by atoms with Gasteiger partial charge in [-0.05, 0) is 51.8 Å². The molecule has 6 nitrogen and oxygen atoms in total. The Morgan fingerprint density at radius 2 is 1.73 bits per heavy atom. The maximum atomic E-state index is 13.2. The van der Waals surface area contributed by atoms with Gasteiger partial charge in [0.25, 0.3) is 5.56 Å².